The zero-order chi connectivity index (χ0) is 19.2. The van der Waals surface area contributed by atoms with Crippen LogP contribution < -0.4 is 20.3 Å². The molecule has 0 aromatic heterocycles. The van der Waals surface area contributed by atoms with Crippen LogP contribution in [0, 0.1) is 0 Å². The number of carbonyl (C=O) groups excluding carboxylic acids is 3. The zero-order valence-electron chi connectivity index (χ0n) is 15.0. The van der Waals surface area contributed by atoms with Crippen LogP contribution in [0.15, 0.2) is 48.5 Å². The van der Waals surface area contributed by atoms with Crippen LogP contribution in [-0.2, 0) is 20.9 Å². The van der Waals surface area contributed by atoms with Crippen LogP contribution in [-0.4, -0.2) is 31.4 Å². The van der Waals surface area contributed by atoms with Gasteiger partial charge in [0.2, 0.25) is 5.91 Å². The van der Waals surface area contributed by atoms with Crippen molar-refractivity contribution in [1.29, 1.82) is 0 Å². The van der Waals surface area contributed by atoms with Gasteiger partial charge in [0.1, 0.15) is 5.75 Å². The summed E-state index contributed by atoms with van der Waals surface area (Å²) in [6.45, 7) is 0.949. The van der Waals surface area contributed by atoms with Gasteiger partial charge in [-0.15, -0.1) is 0 Å². The molecule has 0 aliphatic carbocycles. The van der Waals surface area contributed by atoms with Crippen molar-refractivity contribution in [1.82, 2.24) is 5.32 Å². The van der Waals surface area contributed by atoms with E-state index in [4.69, 9.17) is 4.74 Å². The largest absolute Gasteiger partial charge is 0.497 e. The van der Waals surface area contributed by atoms with E-state index in [-0.39, 0.29) is 12.5 Å². The van der Waals surface area contributed by atoms with Gasteiger partial charge in [-0.1, -0.05) is 12.1 Å². The molecular formula is C20H21N3O4. The third kappa shape index (κ3) is 4.63. The van der Waals surface area contributed by atoms with Gasteiger partial charge >= 0.3 is 11.8 Å². The molecular weight excluding hydrogens is 346 g/mol. The van der Waals surface area contributed by atoms with Crippen molar-refractivity contribution in [3.8, 4) is 5.75 Å². The van der Waals surface area contributed by atoms with Crippen LogP contribution in [0.25, 0.3) is 0 Å². The second kappa shape index (κ2) is 8.35. The average Bonchev–Trinajstić information content (AvgIpc) is 3.13. The van der Waals surface area contributed by atoms with Gasteiger partial charge in [-0.3, -0.25) is 14.4 Å². The van der Waals surface area contributed by atoms with Gasteiger partial charge < -0.3 is 20.3 Å². The van der Waals surface area contributed by atoms with Crippen LogP contribution in [0.2, 0.25) is 0 Å². The second-order valence-corrected chi connectivity index (χ2v) is 6.18. The Morgan fingerprint density at radius 1 is 1.04 bits per heavy atom. The number of hydrogen-bond acceptors (Lipinski definition) is 4. The van der Waals surface area contributed by atoms with E-state index in [1.165, 1.54) is 0 Å². The molecule has 1 aliphatic rings. The van der Waals surface area contributed by atoms with Crippen LogP contribution in [0.1, 0.15) is 18.4 Å². The molecule has 2 aromatic carbocycles. The Labute approximate surface area is 157 Å². The van der Waals surface area contributed by atoms with Gasteiger partial charge in [0.25, 0.3) is 0 Å². The molecule has 3 amide bonds. The molecule has 140 valence electrons. The topological polar surface area (TPSA) is 87.7 Å². The number of amides is 3. The highest BCUT2D eigenvalue weighted by molar-refractivity contribution is 6.39. The molecule has 2 aromatic rings. The first-order valence-corrected chi connectivity index (χ1v) is 8.69. The molecule has 0 spiro atoms. The highest BCUT2D eigenvalue weighted by Gasteiger charge is 2.21. The first-order chi connectivity index (χ1) is 13.1. The number of hydrogen-bond donors (Lipinski definition) is 2. The predicted molar refractivity (Wildman–Crippen MR) is 101 cm³/mol. The summed E-state index contributed by atoms with van der Waals surface area (Å²) in [5.41, 5.74) is 2.14. The molecule has 1 fully saturated rings. The molecule has 0 unspecified atom stereocenters. The van der Waals surface area contributed by atoms with E-state index < -0.39 is 11.8 Å². The van der Waals surface area contributed by atoms with Crippen molar-refractivity contribution >= 4 is 29.1 Å². The van der Waals surface area contributed by atoms with E-state index in [2.05, 4.69) is 10.6 Å². The van der Waals surface area contributed by atoms with Crippen LogP contribution in [0.4, 0.5) is 11.4 Å². The maximum atomic E-state index is 12.0. The summed E-state index contributed by atoms with van der Waals surface area (Å²) in [6.07, 6.45) is 1.42. The molecule has 7 heteroatoms. The maximum Gasteiger partial charge on any atom is 0.313 e. The van der Waals surface area contributed by atoms with Crippen LogP contribution >= 0.6 is 0 Å². The Balaban J connectivity index is 1.51. The van der Waals surface area contributed by atoms with Crippen molar-refractivity contribution in [3.05, 3.63) is 54.1 Å². The molecule has 3 rings (SSSR count). The lowest BCUT2D eigenvalue weighted by molar-refractivity contribution is -0.136. The summed E-state index contributed by atoms with van der Waals surface area (Å²) in [6, 6.07) is 14.1. The fraction of sp³-hybridized carbons (Fsp3) is 0.250. The summed E-state index contributed by atoms with van der Waals surface area (Å²) in [7, 11) is 1.58. The van der Waals surface area contributed by atoms with Gasteiger partial charge in [0.05, 0.1) is 7.11 Å². The van der Waals surface area contributed by atoms with E-state index in [1.54, 1.807) is 48.4 Å². The van der Waals surface area contributed by atoms with E-state index in [0.717, 1.165) is 23.4 Å². The molecule has 2 N–H and O–H groups in total. The molecule has 1 aliphatic heterocycles. The van der Waals surface area contributed by atoms with E-state index in [1.807, 2.05) is 12.1 Å². The molecule has 1 heterocycles. The van der Waals surface area contributed by atoms with Crippen LogP contribution in [0.5, 0.6) is 5.75 Å². The van der Waals surface area contributed by atoms with Gasteiger partial charge in [0, 0.05) is 30.9 Å². The molecule has 0 saturated carbocycles. The van der Waals surface area contributed by atoms with Gasteiger partial charge in [-0.05, 0) is 48.4 Å². The van der Waals surface area contributed by atoms with Crippen molar-refractivity contribution in [2.75, 3.05) is 23.9 Å². The van der Waals surface area contributed by atoms with Gasteiger partial charge in [-0.2, -0.15) is 0 Å². The maximum absolute atomic E-state index is 12.0. The minimum Gasteiger partial charge on any atom is -0.497 e. The number of rotatable bonds is 5. The highest BCUT2D eigenvalue weighted by Crippen LogP contribution is 2.23. The number of ether oxygens (including phenoxy) is 1. The van der Waals surface area contributed by atoms with E-state index >= 15 is 0 Å². The number of carbonyl (C=O) groups is 3. The normalized spacial score (nSPS) is 13.4. The van der Waals surface area contributed by atoms with E-state index in [9.17, 15) is 14.4 Å². The quantitative estimate of drug-likeness (QED) is 0.792. The number of nitrogens with zero attached hydrogens (tertiary/aromatic N) is 1. The first-order valence-electron chi connectivity index (χ1n) is 8.69. The number of methoxy groups -OCH3 is 1. The van der Waals surface area contributed by atoms with Crippen molar-refractivity contribution < 1.29 is 19.1 Å². The molecule has 0 radical (unpaired) electrons. The molecule has 7 nitrogen and oxygen atoms in total. The summed E-state index contributed by atoms with van der Waals surface area (Å²) >= 11 is 0. The van der Waals surface area contributed by atoms with Crippen molar-refractivity contribution in [2.45, 2.75) is 19.4 Å². The highest BCUT2D eigenvalue weighted by atomic mass is 16.5. The number of anilines is 2. The molecule has 27 heavy (non-hydrogen) atoms. The third-order valence-electron chi connectivity index (χ3n) is 4.33. The summed E-state index contributed by atoms with van der Waals surface area (Å²) in [4.78, 5) is 37.4. The molecule has 1 saturated heterocycles. The Bertz CT molecular complexity index is 831. The molecule has 0 atom stereocenters. The lowest BCUT2D eigenvalue weighted by atomic mass is 10.2. The number of nitrogens with one attached hydrogen (secondary N) is 2. The predicted octanol–water partition coefficient (Wildman–Crippen LogP) is 2.08. The van der Waals surface area contributed by atoms with Crippen LogP contribution in [0.3, 0.4) is 0 Å². The zero-order valence-corrected chi connectivity index (χ0v) is 15.0. The van der Waals surface area contributed by atoms with Crippen molar-refractivity contribution in [2.24, 2.45) is 0 Å². The minimum atomic E-state index is -0.742. The summed E-state index contributed by atoms with van der Waals surface area (Å²) in [5, 5.41) is 5.12. The fourth-order valence-corrected chi connectivity index (χ4v) is 2.84. The standard InChI is InChI=1S/C20H21N3O4/c1-27-17-10-4-14(5-11-17)13-21-19(25)20(26)22-15-6-8-16(9-7-15)23-12-2-3-18(23)24/h4-11H,2-3,12-13H2,1H3,(H,21,25)(H,22,26). The first kappa shape index (κ1) is 18.4. The Kier molecular flexibility index (Phi) is 5.71. The van der Waals surface area contributed by atoms with Gasteiger partial charge in [0.15, 0.2) is 0 Å². The lowest BCUT2D eigenvalue weighted by Gasteiger charge is -2.16. The van der Waals surface area contributed by atoms with E-state index in [0.29, 0.717) is 18.7 Å². The number of benzene rings is 2. The minimum absolute atomic E-state index is 0.102. The van der Waals surface area contributed by atoms with Crippen molar-refractivity contribution in [3.63, 3.8) is 0 Å². The monoisotopic (exact) mass is 367 g/mol. The second-order valence-electron chi connectivity index (χ2n) is 6.18. The summed E-state index contributed by atoms with van der Waals surface area (Å²) < 4.78 is 5.07. The third-order valence-corrected chi connectivity index (χ3v) is 4.33. The smallest absolute Gasteiger partial charge is 0.313 e. The van der Waals surface area contributed by atoms with Gasteiger partial charge in [-0.25, -0.2) is 0 Å². The lowest BCUT2D eigenvalue weighted by Crippen LogP contribution is -2.34. The molecule has 0 bridgehead atoms. The Hall–Kier alpha value is -3.35. The Morgan fingerprint density at radius 3 is 2.33 bits per heavy atom. The summed E-state index contributed by atoms with van der Waals surface area (Å²) in [5.74, 6) is -0.635. The average molecular weight is 367 g/mol. The SMILES string of the molecule is COc1ccc(CNC(=O)C(=O)Nc2ccc(N3CCCC3=O)cc2)cc1. The fourth-order valence-electron chi connectivity index (χ4n) is 2.84. The Morgan fingerprint density at radius 2 is 1.74 bits per heavy atom.